The Balaban J connectivity index is 2.01. The molecular weight excluding hydrogens is 324 g/mol. The maximum Gasteiger partial charge on any atom is 0.134 e. The van der Waals surface area contributed by atoms with Crippen molar-refractivity contribution in [3.05, 3.63) is 45.4 Å². The van der Waals surface area contributed by atoms with Crippen LogP contribution in [0.4, 0.5) is 0 Å². The van der Waals surface area contributed by atoms with Gasteiger partial charge in [0, 0.05) is 17.3 Å². The summed E-state index contributed by atoms with van der Waals surface area (Å²) in [6, 6.07) is 8.97. The zero-order chi connectivity index (χ0) is 14.8. The number of Topliss-reactive ketones (excluding diaryl/α,β-unsaturated/α-hetero) is 1. The van der Waals surface area contributed by atoms with Crippen molar-refractivity contribution in [1.82, 2.24) is 0 Å². The molecule has 2 atom stereocenters. The fourth-order valence-electron chi connectivity index (χ4n) is 4.44. The largest absolute Gasteiger partial charge is 0.300 e. The summed E-state index contributed by atoms with van der Waals surface area (Å²) in [5.74, 6) is 0.853. The molecule has 0 N–H and O–H groups in total. The summed E-state index contributed by atoms with van der Waals surface area (Å²) in [5.41, 5.74) is 4.38. The molecule has 4 rings (SSSR count). The van der Waals surface area contributed by atoms with Gasteiger partial charge in [0.25, 0.3) is 0 Å². The lowest BCUT2D eigenvalue weighted by Gasteiger charge is -2.38. The van der Waals surface area contributed by atoms with E-state index in [9.17, 15) is 4.79 Å². The number of rotatable bonds is 0. The van der Waals surface area contributed by atoms with Gasteiger partial charge in [-0.15, -0.1) is 0 Å². The van der Waals surface area contributed by atoms with Crippen LogP contribution in [0.3, 0.4) is 0 Å². The summed E-state index contributed by atoms with van der Waals surface area (Å²) in [4.78, 5) is 12.0. The molecule has 1 nitrogen and oxygen atoms in total. The zero-order valence-corrected chi connectivity index (χ0v) is 14.1. The van der Waals surface area contributed by atoms with Gasteiger partial charge in [0.2, 0.25) is 0 Å². The van der Waals surface area contributed by atoms with Crippen LogP contribution in [0.15, 0.2) is 28.7 Å². The normalized spacial score (nSPS) is 27.8. The van der Waals surface area contributed by atoms with E-state index in [0.717, 1.165) is 25.7 Å². The molecule has 2 aromatic rings. The number of ketones is 1. The Hall–Kier alpha value is -1.15. The molecule has 0 spiro atoms. The fraction of sp³-hybridized carbons (Fsp3) is 0.421. The molecule has 0 unspecified atom stereocenters. The molecular formula is C19H19BrO. The van der Waals surface area contributed by atoms with Gasteiger partial charge in [-0.3, -0.25) is 4.79 Å². The summed E-state index contributed by atoms with van der Waals surface area (Å²) in [7, 11) is 0. The van der Waals surface area contributed by atoms with Gasteiger partial charge in [0.15, 0.2) is 0 Å². The lowest BCUT2D eigenvalue weighted by molar-refractivity contribution is -0.118. The van der Waals surface area contributed by atoms with Gasteiger partial charge >= 0.3 is 0 Å². The summed E-state index contributed by atoms with van der Waals surface area (Å²) < 4.78 is 1.17. The molecule has 0 heterocycles. The zero-order valence-electron chi connectivity index (χ0n) is 12.5. The highest BCUT2D eigenvalue weighted by molar-refractivity contribution is 9.10. The minimum atomic E-state index is 0.182. The van der Waals surface area contributed by atoms with Crippen LogP contribution in [0.2, 0.25) is 0 Å². The molecule has 0 aromatic heterocycles. The Bertz CT molecular complexity index is 777. The number of benzene rings is 2. The van der Waals surface area contributed by atoms with Crippen molar-refractivity contribution in [1.29, 1.82) is 0 Å². The molecule has 0 aliphatic heterocycles. The van der Waals surface area contributed by atoms with Gasteiger partial charge in [-0.1, -0.05) is 46.6 Å². The van der Waals surface area contributed by atoms with Crippen molar-refractivity contribution in [2.45, 2.75) is 45.4 Å². The maximum absolute atomic E-state index is 12.0. The highest BCUT2D eigenvalue weighted by Crippen LogP contribution is 2.55. The first-order valence-electron chi connectivity index (χ1n) is 7.71. The summed E-state index contributed by atoms with van der Waals surface area (Å²) in [5, 5.41) is 2.67. The lowest BCUT2D eigenvalue weighted by atomic mass is 9.66. The smallest absolute Gasteiger partial charge is 0.134 e. The van der Waals surface area contributed by atoms with Gasteiger partial charge in [0.1, 0.15) is 5.78 Å². The molecule has 21 heavy (non-hydrogen) atoms. The average molecular weight is 343 g/mol. The van der Waals surface area contributed by atoms with Gasteiger partial charge < -0.3 is 0 Å². The van der Waals surface area contributed by atoms with Gasteiger partial charge in [0.05, 0.1) is 0 Å². The second-order valence-corrected chi connectivity index (χ2v) is 7.96. The van der Waals surface area contributed by atoms with E-state index in [2.05, 4.69) is 54.0 Å². The molecule has 2 aliphatic rings. The van der Waals surface area contributed by atoms with Gasteiger partial charge in [-0.05, 0) is 59.1 Å². The molecule has 1 saturated carbocycles. The average Bonchev–Trinajstić information content (AvgIpc) is 2.73. The number of carbonyl (C=O) groups is 1. The number of fused-ring (bicyclic) bond motifs is 5. The quantitative estimate of drug-likeness (QED) is 0.634. The minimum absolute atomic E-state index is 0.182. The summed E-state index contributed by atoms with van der Waals surface area (Å²) >= 11 is 3.75. The van der Waals surface area contributed by atoms with E-state index in [1.165, 1.54) is 31.9 Å². The molecule has 0 radical (unpaired) electrons. The molecule has 108 valence electrons. The third-order valence-corrected chi connectivity index (χ3v) is 6.24. The first-order valence-corrected chi connectivity index (χ1v) is 8.50. The van der Waals surface area contributed by atoms with E-state index in [0.29, 0.717) is 11.7 Å². The van der Waals surface area contributed by atoms with Crippen molar-refractivity contribution in [3.63, 3.8) is 0 Å². The Morgan fingerprint density at radius 1 is 1.24 bits per heavy atom. The molecule has 2 aromatic carbocycles. The van der Waals surface area contributed by atoms with E-state index in [1.807, 2.05) is 0 Å². The Morgan fingerprint density at radius 3 is 2.86 bits per heavy atom. The van der Waals surface area contributed by atoms with Crippen molar-refractivity contribution in [2.75, 3.05) is 0 Å². The molecule has 0 bridgehead atoms. The first kappa shape index (κ1) is 13.5. The summed E-state index contributed by atoms with van der Waals surface area (Å²) in [6.45, 7) is 4.46. The van der Waals surface area contributed by atoms with E-state index in [-0.39, 0.29) is 5.41 Å². The van der Waals surface area contributed by atoms with Crippen molar-refractivity contribution in [2.24, 2.45) is 5.41 Å². The lowest BCUT2D eigenvalue weighted by Crippen LogP contribution is -2.26. The fourth-order valence-corrected chi connectivity index (χ4v) is 5.03. The highest BCUT2D eigenvalue weighted by atomic mass is 79.9. The van der Waals surface area contributed by atoms with Crippen LogP contribution in [-0.2, 0) is 11.2 Å². The third kappa shape index (κ3) is 1.92. The van der Waals surface area contributed by atoms with E-state index in [1.54, 1.807) is 0 Å². The second-order valence-electron chi connectivity index (χ2n) is 7.10. The van der Waals surface area contributed by atoms with Crippen molar-refractivity contribution < 1.29 is 4.79 Å². The molecule has 0 saturated heterocycles. The number of halogens is 1. The van der Waals surface area contributed by atoms with Crippen LogP contribution in [0.5, 0.6) is 0 Å². The number of aryl methyl sites for hydroxylation is 2. The molecule has 0 amide bonds. The van der Waals surface area contributed by atoms with Crippen LogP contribution in [0, 0.1) is 12.3 Å². The summed E-state index contributed by atoms with van der Waals surface area (Å²) in [6.07, 6.45) is 3.73. The van der Waals surface area contributed by atoms with E-state index < -0.39 is 0 Å². The highest BCUT2D eigenvalue weighted by Gasteiger charge is 2.47. The number of hydrogen-bond acceptors (Lipinski definition) is 1. The number of carbonyl (C=O) groups excluding carboxylic acids is 1. The van der Waals surface area contributed by atoms with Crippen LogP contribution < -0.4 is 0 Å². The predicted octanol–water partition coefficient (Wildman–Crippen LogP) is 5.31. The molecule has 2 aliphatic carbocycles. The van der Waals surface area contributed by atoms with Crippen LogP contribution in [0.25, 0.3) is 10.8 Å². The van der Waals surface area contributed by atoms with E-state index >= 15 is 0 Å². The minimum Gasteiger partial charge on any atom is -0.300 e. The van der Waals surface area contributed by atoms with Crippen LogP contribution >= 0.6 is 15.9 Å². The second kappa shape index (κ2) is 4.42. The van der Waals surface area contributed by atoms with Crippen molar-refractivity contribution >= 4 is 32.5 Å². The monoisotopic (exact) mass is 342 g/mol. The number of hydrogen-bond donors (Lipinski definition) is 0. The maximum atomic E-state index is 12.0. The van der Waals surface area contributed by atoms with Crippen LogP contribution in [0.1, 0.15) is 48.8 Å². The van der Waals surface area contributed by atoms with Gasteiger partial charge in [-0.2, -0.15) is 0 Å². The predicted molar refractivity (Wildman–Crippen MR) is 89.8 cm³/mol. The SMILES string of the molecule is Cc1ccc2c(Br)cc3c(c2c1)CC[C@]1(C)CC(=O)C[C@@H]31. The molecule has 1 fully saturated rings. The van der Waals surface area contributed by atoms with Crippen molar-refractivity contribution in [3.8, 4) is 0 Å². The Labute approximate surface area is 133 Å². The van der Waals surface area contributed by atoms with Gasteiger partial charge in [-0.25, -0.2) is 0 Å². The third-order valence-electron chi connectivity index (χ3n) is 5.58. The molecule has 2 heteroatoms. The van der Waals surface area contributed by atoms with E-state index in [4.69, 9.17) is 0 Å². The Morgan fingerprint density at radius 2 is 2.05 bits per heavy atom. The first-order chi connectivity index (χ1) is 9.98. The van der Waals surface area contributed by atoms with Crippen LogP contribution in [-0.4, -0.2) is 5.78 Å². The Kier molecular flexibility index (Phi) is 2.85. The topological polar surface area (TPSA) is 17.1 Å². The standard InChI is InChI=1S/C19H19BrO/c1-11-3-4-14-15(7-11)13-5-6-19(2)10-12(21)8-17(19)16(13)9-18(14)20/h3-4,7,9,17H,5-6,8,10H2,1-2H3/t17-,19+/m0/s1.